The Kier molecular flexibility index (Phi) is 6.19. The molecule has 3 atom stereocenters. The van der Waals surface area contributed by atoms with E-state index >= 15 is 4.39 Å². The highest BCUT2D eigenvalue weighted by molar-refractivity contribution is 5.87. The molecular formula is C27H36FN7O2. The predicted molar refractivity (Wildman–Crippen MR) is 141 cm³/mol. The summed E-state index contributed by atoms with van der Waals surface area (Å²) in [5.41, 5.74) is 1.18. The van der Waals surface area contributed by atoms with Gasteiger partial charge in [0, 0.05) is 49.2 Å². The first kappa shape index (κ1) is 24.4. The van der Waals surface area contributed by atoms with Crippen molar-refractivity contribution in [2.24, 2.45) is 5.41 Å². The summed E-state index contributed by atoms with van der Waals surface area (Å²) >= 11 is 0. The van der Waals surface area contributed by atoms with Crippen LogP contribution in [0.3, 0.4) is 0 Å². The first-order chi connectivity index (χ1) is 17.9. The van der Waals surface area contributed by atoms with Crippen LogP contribution in [0, 0.1) is 11.2 Å². The maximum Gasteiger partial charge on any atom is 0.231 e. The van der Waals surface area contributed by atoms with Gasteiger partial charge in [-0.25, -0.2) is 9.37 Å². The van der Waals surface area contributed by atoms with Gasteiger partial charge in [-0.1, -0.05) is 12.8 Å². The maximum atomic E-state index is 15.1. The molecule has 37 heavy (non-hydrogen) atoms. The fraction of sp³-hybridized carbons (Fsp3) is 0.593. The zero-order chi connectivity index (χ0) is 25.7. The quantitative estimate of drug-likeness (QED) is 0.566. The van der Waals surface area contributed by atoms with Crippen molar-refractivity contribution >= 4 is 29.0 Å². The van der Waals surface area contributed by atoms with Gasteiger partial charge < -0.3 is 30.4 Å². The molecule has 4 heterocycles. The number of carbonyl (C=O) groups is 1. The molecule has 2 aromatic rings. The van der Waals surface area contributed by atoms with Crippen LogP contribution in [0.4, 0.5) is 27.5 Å². The summed E-state index contributed by atoms with van der Waals surface area (Å²) in [6, 6.07) is 5.71. The number of likely N-dealkylation sites (N-methyl/N-ethyl adjacent to an activating group) is 1. The average Bonchev–Trinajstić information content (AvgIpc) is 3.63. The number of aliphatic hydroxyl groups excluding tert-OH is 1. The smallest absolute Gasteiger partial charge is 0.231 e. The number of carbonyl (C=O) groups excluding carboxylic acids is 1. The molecule has 1 aliphatic carbocycles. The summed E-state index contributed by atoms with van der Waals surface area (Å²) in [4.78, 5) is 28.4. The molecule has 6 rings (SSSR count). The zero-order valence-electron chi connectivity index (χ0n) is 21.6. The van der Waals surface area contributed by atoms with Gasteiger partial charge in [0.1, 0.15) is 17.9 Å². The molecule has 10 heteroatoms. The molecule has 0 bridgehead atoms. The lowest BCUT2D eigenvalue weighted by Gasteiger charge is -2.47. The van der Waals surface area contributed by atoms with Gasteiger partial charge in [0.15, 0.2) is 0 Å². The van der Waals surface area contributed by atoms with E-state index in [1.807, 2.05) is 17.0 Å². The molecule has 2 unspecified atom stereocenters. The van der Waals surface area contributed by atoms with E-state index in [0.29, 0.717) is 48.6 Å². The summed E-state index contributed by atoms with van der Waals surface area (Å²) < 4.78 is 15.1. The number of rotatable bonds is 5. The first-order valence-electron chi connectivity index (χ1n) is 13.4. The van der Waals surface area contributed by atoms with Gasteiger partial charge in [-0.05, 0) is 64.4 Å². The van der Waals surface area contributed by atoms with Gasteiger partial charge >= 0.3 is 0 Å². The molecule has 3 aliphatic heterocycles. The molecule has 0 radical (unpaired) electrons. The summed E-state index contributed by atoms with van der Waals surface area (Å²) in [5.74, 6) is 0.647. The normalized spacial score (nSPS) is 27.9. The monoisotopic (exact) mass is 509 g/mol. The van der Waals surface area contributed by atoms with Gasteiger partial charge in [-0.15, -0.1) is 0 Å². The Morgan fingerprint density at radius 3 is 2.73 bits per heavy atom. The number of nitrogens with one attached hydrogen (secondary N) is 2. The van der Waals surface area contributed by atoms with Crippen LogP contribution in [0.15, 0.2) is 24.4 Å². The minimum Gasteiger partial charge on any atom is -0.372 e. The van der Waals surface area contributed by atoms with Gasteiger partial charge in [-0.3, -0.25) is 4.79 Å². The second-order valence-corrected chi connectivity index (χ2v) is 11.2. The molecule has 3 fully saturated rings. The zero-order valence-corrected chi connectivity index (χ0v) is 21.6. The Labute approximate surface area is 217 Å². The molecule has 1 aromatic carbocycles. The third-order valence-corrected chi connectivity index (χ3v) is 8.82. The molecule has 1 saturated carbocycles. The number of aromatic nitrogens is 2. The molecule has 1 amide bonds. The third kappa shape index (κ3) is 4.20. The summed E-state index contributed by atoms with van der Waals surface area (Å²) in [5, 5.41) is 17.6. The highest BCUT2D eigenvalue weighted by Gasteiger charge is 2.55. The molecule has 1 aromatic heterocycles. The number of halogens is 1. The van der Waals surface area contributed by atoms with Crippen LogP contribution in [0.2, 0.25) is 0 Å². The van der Waals surface area contributed by atoms with E-state index in [2.05, 4.69) is 39.5 Å². The number of anilines is 4. The minimum absolute atomic E-state index is 0.0960. The second-order valence-electron chi connectivity index (χ2n) is 11.2. The standard InChI is InChI=1S/C27H36FN7O2/c1-33(2)20-9-12-34(16-20)22-8-7-18(13-21(22)28)31-26-30-15-17-14-27(10-11-29-24(27)36)25(37)35(23(17)32-26)19-5-3-4-6-19/h7-8,13,15,19-20,25,37H,3-6,9-12,14,16H2,1-2H3,(H,29,36)(H,30,31,32)/t20-,25?,27?/m0/s1. The van der Waals surface area contributed by atoms with E-state index in [-0.39, 0.29) is 17.8 Å². The minimum atomic E-state index is -0.934. The molecule has 9 nitrogen and oxygen atoms in total. The predicted octanol–water partition coefficient (Wildman–Crippen LogP) is 2.63. The molecular weight excluding hydrogens is 473 g/mol. The molecule has 2 saturated heterocycles. The van der Waals surface area contributed by atoms with Crippen molar-refractivity contribution in [3.8, 4) is 0 Å². The van der Waals surface area contributed by atoms with Crippen molar-refractivity contribution in [2.45, 2.75) is 63.3 Å². The van der Waals surface area contributed by atoms with Crippen LogP contribution < -0.4 is 20.4 Å². The highest BCUT2D eigenvalue weighted by atomic mass is 19.1. The summed E-state index contributed by atoms with van der Waals surface area (Å²) in [6.45, 7) is 2.21. The fourth-order valence-electron chi connectivity index (χ4n) is 6.63. The largest absolute Gasteiger partial charge is 0.372 e. The van der Waals surface area contributed by atoms with Crippen LogP contribution in [0.25, 0.3) is 0 Å². The van der Waals surface area contributed by atoms with Crippen molar-refractivity contribution in [1.82, 2.24) is 20.2 Å². The van der Waals surface area contributed by atoms with Gasteiger partial charge in [0.2, 0.25) is 11.9 Å². The number of fused-ring (bicyclic) bond motifs is 1. The van der Waals surface area contributed by atoms with Crippen LogP contribution in [-0.2, 0) is 11.2 Å². The van der Waals surface area contributed by atoms with Gasteiger partial charge in [-0.2, -0.15) is 4.98 Å². The summed E-state index contributed by atoms with van der Waals surface area (Å²) in [7, 11) is 4.12. The SMILES string of the molecule is CN(C)[C@H]1CCN(c2ccc(Nc3ncc4c(n3)N(C3CCCC3)C(O)C3(CCNC3=O)C4)cc2F)C1. The molecule has 4 aliphatic rings. The lowest BCUT2D eigenvalue weighted by molar-refractivity contribution is -0.134. The van der Waals surface area contributed by atoms with Gasteiger partial charge in [0.05, 0.1) is 11.1 Å². The molecule has 3 N–H and O–H groups in total. The maximum absolute atomic E-state index is 15.1. The summed E-state index contributed by atoms with van der Waals surface area (Å²) in [6.07, 6.45) is 6.94. The topological polar surface area (TPSA) is 96.9 Å². The Morgan fingerprint density at radius 1 is 1.24 bits per heavy atom. The van der Waals surface area contributed by atoms with Gasteiger partial charge in [0.25, 0.3) is 0 Å². The Hall–Kier alpha value is -2.98. The first-order valence-corrected chi connectivity index (χ1v) is 13.4. The van der Waals surface area contributed by atoms with Crippen LogP contribution in [0.1, 0.15) is 44.1 Å². The molecule has 198 valence electrons. The van der Waals surface area contributed by atoms with Crippen molar-refractivity contribution in [3.63, 3.8) is 0 Å². The number of nitrogens with zero attached hydrogens (tertiary/aromatic N) is 5. The van der Waals surface area contributed by atoms with E-state index in [0.717, 1.165) is 50.8 Å². The number of benzene rings is 1. The lowest BCUT2D eigenvalue weighted by Crippen LogP contribution is -2.59. The van der Waals surface area contributed by atoms with Crippen LogP contribution in [0.5, 0.6) is 0 Å². The Balaban J connectivity index is 1.26. The molecule has 1 spiro atoms. The average molecular weight is 510 g/mol. The van der Waals surface area contributed by atoms with Crippen LogP contribution in [-0.4, -0.2) is 77.9 Å². The van der Waals surface area contributed by atoms with E-state index in [9.17, 15) is 9.90 Å². The fourth-order valence-corrected chi connectivity index (χ4v) is 6.63. The van der Waals surface area contributed by atoms with E-state index in [1.165, 1.54) is 6.07 Å². The van der Waals surface area contributed by atoms with Crippen molar-refractivity contribution in [1.29, 1.82) is 0 Å². The highest BCUT2D eigenvalue weighted by Crippen LogP contribution is 2.46. The number of hydrogen-bond acceptors (Lipinski definition) is 8. The van der Waals surface area contributed by atoms with Crippen molar-refractivity contribution in [2.75, 3.05) is 48.8 Å². The Morgan fingerprint density at radius 2 is 2.05 bits per heavy atom. The van der Waals surface area contributed by atoms with Crippen molar-refractivity contribution < 1.29 is 14.3 Å². The number of hydrogen-bond donors (Lipinski definition) is 3. The lowest BCUT2D eigenvalue weighted by atomic mass is 9.75. The van der Waals surface area contributed by atoms with Crippen LogP contribution >= 0.6 is 0 Å². The van der Waals surface area contributed by atoms with E-state index in [4.69, 9.17) is 4.98 Å². The number of aliphatic hydroxyl groups is 1. The Bertz CT molecular complexity index is 1190. The second kappa shape index (κ2) is 9.40. The van der Waals surface area contributed by atoms with Crippen molar-refractivity contribution in [3.05, 3.63) is 35.8 Å². The third-order valence-electron chi connectivity index (χ3n) is 8.82. The van der Waals surface area contributed by atoms with E-state index in [1.54, 1.807) is 6.20 Å². The number of amides is 1. The van der Waals surface area contributed by atoms with E-state index < -0.39 is 11.6 Å².